The molecule has 0 spiro atoms. The number of carbonyl (C=O) groups is 1. The molecule has 0 aliphatic heterocycles. The molecule has 0 bridgehead atoms. The van der Waals surface area contributed by atoms with Gasteiger partial charge in [-0.2, -0.15) is 0 Å². The standard InChI is InChI=1S/C22H26N4O5S/c1-15-20(22(28)25(24(15)3)17-9-7-6-8-10-17)23-21(27)16(2)26(32(5,29)30)18-11-13-19(31-4)14-12-18/h6-14,16H,1-5H3,(H,23,27). The van der Waals surface area contributed by atoms with E-state index in [4.69, 9.17) is 4.74 Å². The van der Waals surface area contributed by atoms with Crippen LogP contribution in [0.3, 0.4) is 0 Å². The van der Waals surface area contributed by atoms with Gasteiger partial charge in [0.05, 0.1) is 30.4 Å². The number of para-hydroxylation sites is 1. The Morgan fingerprint density at radius 1 is 1.09 bits per heavy atom. The molecule has 2 aromatic carbocycles. The topological polar surface area (TPSA) is 103 Å². The average Bonchev–Trinajstić information content (AvgIpc) is 2.97. The van der Waals surface area contributed by atoms with Crippen molar-refractivity contribution >= 4 is 27.3 Å². The van der Waals surface area contributed by atoms with Crippen LogP contribution in [0.4, 0.5) is 11.4 Å². The van der Waals surface area contributed by atoms with Gasteiger partial charge in [0.15, 0.2) is 0 Å². The zero-order valence-corrected chi connectivity index (χ0v) is 19.4. The lowest BCUT2D eigenvalue weighted by atomic mass is 10.2. The molecule has 0 aliphatic carbocycles. The van der Waals surface area contributed by atoms with Gasteiger partial charge in [-0.1, -0.05) is 18.2 Å². The van der Waals surface area contributed by atoms with E-state index in [9.17, 15) is 18.0 Å². The minimum absolute atomic E-state index is 0.0939. The number of hydrogen-bond donors (Lipinski definition) is 1. The summed E-state index contributed by atoms with van der Waals surface area (Å²) in [5.41, 5.74) is 1.17. The molecule has 0 radical (unpaired) electrons. The second kappa shape index (κ2) is 8.91. The van der Waals surface area contributed by atoms with E-state index in [1.807, 2.05) is 18.2 Å². The van der Waals surface area contributed by atoms with Gasteiger partial charge < -0.3 is 10.1 Å². The third-order valence-electron chi connectivity index (χ3n) is 5.22. The Balaban J connectivity index is 1.96. The highest BCUT2D eigenvalue weighted by atomic mass is 32.2. The molecule has 170 valence electrons. The van der Waals surface area contributed by atoms with E-state index in [0.717, 1.165) is 10.6 Å². The number of anilines is 2. The van der Waals surface area contributed by atoms with Crippen LogP contribution < -0.4 is 19.9 Å². The molecule has 0 aliphatic rings. The number of amides is 1. The number of nitrogens with zero attached hydrogens (tertiary/aromatic N) is 3. The maximum Gasteiger partial charge on any atom is 0.295 e. The molecule has 9 nitrogen and oxygen atoms in total. The SMILES string of the molecule is COc1ccc(N(C(C)C(=O)Nc2c(C)n(C)n(-c3ccccc3)c2=O)S(C)(=O)=O)cc1. The molecular weight excluding hydrogens is 432 g/mol. The Morgan fingerprint density at radius 3 is 2.22 bits per heavy atom. The second-order valence-electron chi connectivity index (χ2n) is 7.36. The smallest absolute Gasteiger partial charge is 0.295 e. The molecular formula is C22H26N4O5S. The first-order valence-corrected chi connectivity index (χ1v) is 11.7. The van der Waals surface area contributed by atoms with Crippen LogP contribution in [0.5, 0.6) is 5.75 Å². The minimum atomic E-state index is -3.80. The van der Waals surface area contributed by atoms with Gasteiger partial charge in [0.2, 0.25) is 15.9 Å². The molecule has 1 N–H and O–H groups in total. The molecule has 3 aromatic rings. The highest BCUT2D eigenvalue weighted by Crippen LogP contribution is 2.24. The summed E-state index contributed by atoms with van der Waals surface area (Å²) in [6, 6.07) is 14.2. The minimum Gasteiger partial charge on any atom is -0.497 e. The van der Waals surface area contributed by atoms with E-state index in [0.29, 0.717) is 22.8 Å². The van der Waals surface area contributed by atoms with Gasteiger partial charge in [0, 0.05) is 7.05 Å². The Morgan fingerprint density at radius 2 is 1.69 bits per heavy atom. The van der Waals surface area contributed by atoms with Gasteiger partial charge in [-0.3, -0.25) is 18.6 Å². The lowest BCUT2D eigenvalue weighted by Gasteiger charge is -2.28. The largest absolute Gasteiger partial charge is 0.497 e. The van der Waals surface area contributed by atoms with Crippen LogP contribution in [0.2, 0.25) is 0 Å². The van der Waals surface area contributed by atoms with Crippen LogP contribution in [0.25, 0.3) is 5.69 Å². The Labute approximate surface area is 186 Å². The van der Waals surface area contributed by atoms with Gasteiger partial charge in [-0.15, -0.1) is 0 Å². The summed E-state index contributed by atoms with van der Waals surface area (Å²) in [4.78, 5) is 26.1. The molecule has 1 heterocycles. The van der Waals surface area contributed by atoms with Crippen LogP contribution in [0.15, 0.2) is 59.4 Å². The van der Waals surface area contributed by atoms with Crippen LogP contribution >= 0.6 is 0 Å². The Kier molecular flexibility index (Phi) is 6.45. The summed E-state index contributed by atoms with van der Waals surface area (Å²) in [5.74, 6) is -0.0714. The maximum atomic E-state index is 13.1. The Hall–Kier alpha value is -3.53. The number of sulfonamides is 1. The zero-order chi connectivity index (χ0) is 23.6. The van der Waals surface area contributed by atoms with Gasteiger partial charge in [0.1, 0.15) is 17.5 Å². The van der Waals surface area contributed by atoms with E-state index < -0.39 is 27.5 Å². The molecule has 1 aromatic heterocycles. The van der Waals surface area contributed by atoms with Gasteiger partial charge in [-0.05, 0) is 50.2 Å². The predicted octanol–water partition coefficient (Wildman–Crippen LogP) is 2.29. The van der Waals surface area contributed by atoms with Crippen LogP contribution in [0.1, 0.15) is 12.6 Å². The summed E-state index contributed by atoms with van der Waals surface area (Å²) < 4.78 is 34.2. The number of aromatic nitrogens is 2. The van der Waals surface area contributed by atoms with Crippen LogP contribution in [0, 0.1) is 6.92 Å². The second-order valence-corrected chi connectivity index (χ2v) is 9.22. The van der Waals surface area contributed by atoms with Gasteiger partial charge in [-0.25, -0.2) is 13.1 Å². The molecule has 1 atom stereocenters. The third kappa shape index (κ3) is 4.40. The fourth-order valence-electron chi connectivity index (χ4n) is 3.48. The van der Waals surface area contributed by atoms with E-state index in [1.165, 1.54) is 18.7 Å². The van der Waals surface area contributed by atoms with Gasteiger partial charge >= 0.3 is 0 Å². The summed E-state index contributed by atoms with van der Waals surface area (Å²) in [6.45, 7) is 3.17. The summed E-state index contributed by atoms with van der Waals surface area (Å²) in [7, 11) is -0.582. The first-order chi connectivity index (χ1) is 15.1. The summed E-state index contributed by atoms with van der Waals surface area (Å²) in [6.07, 6.45) is 1.02. The number of rotatable bonds is 7. The number of carbonyl (C=O) groups excluding carboxylic acids is 1. The lowest BCUT2D eigenvalue weighted by molar-refractivity contribution is -0.116. The third-order valence-corrected chi connectivity index (χ3v) is 6.46. The van der Waals surface area contributed by atoms with Crippen molar-refractivity contribution in [1.82, 2.24) is 9.36 Å². The molecule has 1 amide bonds. The first-order valence-electron chi connectivity index (χ1n) is 9.84. The number of methoxy groups -OCH3 is 1. The molecule has 3 rings (SSSR count). The quantitative estimate of drug-likeness (QED) is 0.585. The molecule has 0 saturated heterocycles. The molecule has 0 saturated carbocycles. The highest BCUT2D eigenvalue weighted by molar-refractivity contribution is 7.92. The zero-order valence-electron chi connectivity index (χ0n) is 18.6. The van der Waals surface area contributed by atoms with Crippen molar-refractivity contribution in [3.8, 4) is 11.4 Å². The monoisotopic (exact) mass is 458 g/mol. The normalized spacial score (nSPS) is 12.3. The Bertz CT molecular complexity index is 1280. The van der Waals surface area contributed by atoms with Crippen molar-refractivity contribution in [3.63, 3.8) is 0 Å². The van der Waals surface area contributed by atoms with Crippen LogP contribution in [-0.2, 0) is 21.9 Å². The first kappa shape index (κ1) is 23.1. The molecule has 32 heavy (non-hydrogen) atoms. The number of nitrogens with one attached hydrogen (secondary N) is 1. The van der Waals surface area contributed by atoms with Crippen molar-refractivity contribution in [3.05, 3.63) is 70.6 Å². The molecule has 10 heteroatoms. The highest BCUT2D eigenvalue weighted by Gasteiger charge is 2.30. The fourth-order valence-corrected chi connectivity index (χ4v) is 4.65. The van der Waals surface area contributed by atoms with Gasteiger partial charge in [0.25, 0.3) is 5.56 Å². The lowest BCUT2D eigenvalue weighted by Crippen LogP contribution is -2.45. The molecule has 1 unspecified atom stereocenters. The molecule has 0 fully saturated rings. The van der Waals surface area contributed by atoms with E-state index in [2.05, 4.69) is 5.32 Å². The van der Waals surface area contributed by atoms with E-state index >= 15 is 0 Å². The van der Waals surface area contributed by atoms with E-state index in [1.54, 1.807) is 55.1 Å². The van der Waals surface area contributed by atoms with Crippen molar-refractivity contribution in [2.45, 2.75) is 19.9 Å². The fraction of sp³-hybridized carbons (Fsp3) is 0.273. The summed E-state index contributed by atoms with van der Waals surface area (Å²) >= 11 is 0. The van der Waals surface area contributed by atoms with Crippen molar-refractivity contribution < 1.29 is 17.9 Å². The average molecular weight is 459 g/mol. The summed E-state index contributed by atoms with van der Waals surface area (Å²) in [5, 5.41) is 2.63. The number of ether oxygens (including phenoxy) is 1. The van der Waals surface area contributed by atoms with Crippen LogP contribution in [-0.4, -0.2) is 43.1 Å². The van der Waals surface area contributed by atoms with Crippen molar-refractivity contribution in [2.24, 2.45) is 7.05 Å². The number of hydrogen-bond acceptors (Lipinski definition) is 5. The van der Waals surface area contributed by atoms with Crippen molar-refractivity contribution in [2.75, 3.05) is 23.0 Å². The predicted molar refractivity (Wildman–Crippen MR) is 124 cm³/mol. The number of benzene rings is 2. The van der Waals surface area contributed by atoms with Crippen molar-refractivity contribution in [1.29, 1.82) is 0 Å². The maximum absolute atomic E-state index is 13.1. The van der Waals surface area contributed by atoms with E-state index in [-0.39, 0.29) is 5.69 Å².